The van der Waals surface area contributed by atoms with Crippen LogP contribution in [0.2, 0.25) is 5.02 Å². The number of carbonyl (C=O) groups excluding carboxylic acids is 2. The van der Waals surface area contributed by atoms with Gasteiger partial charge in [0.1, 0.15) is 11.0 Å². The second-order valence-corrected chi connectivity index (χ2v) is 9.50. The summed E-state index contributed by atoms with van der Waals surface area (Å²) in [5, 5.41) is 18.0. The van der Waals surface area contributed by atoms with Crippen LogP contribution < -0.4 is 16.0 Å². The maximum absolute atomic E-state index is 13.1. The third-order valence-corrected chi connectivity index (χ3v) is 6.57. The molecular formula is C24H19BrClN5O2S. The van der Waals surface area contributed by atoms with Gasteiger partial charge >= 0.3 is 6.03 Å². The minimum absolute atomic E-state index is 0.302. The number of rotatable bonds is 7. The first-order valence-corrected chi connectivity index (χ1v) is 12.2. The summed E-state index contributed by atoms with van der Waals surface area (Å²) < 4.78 is 0.733. The zero-order chi connectivity index (χ0) is 23.9. The molecule has 1 aromatic heterocycles. The summed E-state index contributed by atoms with van der Waals surface area (Å²) >= 11 is 10.7. The molecule has 1 heterocycles. The molecule has 0 aliphatic heterocycles. The Morgan fingerprint density at radius 1 is 0.941 bits per heavy atom. The van der Waals surface area contributed by atoms with E-state index in [2.05, 4.69) is 42.1 Å². The first-order chi connectivity index (χ1) is 16.5. The van der Waals surface area contributed by atoms with E-state index in [4.69, 9.17) is 11.6 Å². The van der Waals surface area contributed by atoms with Crippen molar-refractivity contribution in [3.05, 3.63) is 93.9 Å². The van der Waals surface area contributed by atoms with E-state index in [0.717, 1.165) is 15.6 Å². The van der Waals surface area contributed by atoms with Crippen LogP contribution in [0.25, 0.3) is 10.6 Å². The average molecular weight is 557 g/mol. The molecular weight excluding hydrogens is 538 g/mol. The number of para-hydroxylation sites is 1. The number of urea groups is 1. The predicted molar refractivity (Wildman–Crippen MR) is 139 cm³/mol. The molecule has 3 aromatic carbocycles. The SMILES string of the molecule is O=C(Nc1ccccc1Br)NC(Cc1ccccc1)C(=O)Nc1nnc(-c2cccc(Cl)c2)s1. The van der Waals surface area contributed by atoms with E-state index in [-0.39, 0.29) is 0 Å². The Labute approximate surface area is 213 Å². The lowest BCUT2D eigenvalue weighted by atomic mass is 10.1. The van der Waals surface area contributed by atoms with Crippen LogP contribution >= 0.6 is 38.9 Å². The monoisotopic (exact) mass is 555 g/mol. The van der Waals surface area contributed by atoms with Gasteiger partial charge in [-0.2, -0.15) is 0 Å². The Hall–Kier alpha value is -3.27. The maximum atomic E-state index is 13.1. The Kier molecular flexibility index (Phi) is 7.89. The van der Waals surface area contributed by atoms with E-state index in [1.54, 1.807) is 18.2 Å². The van der Waals surface area contributed by atoms with Gasteiger partial charge in [0.2, 0.25) is 11.0 Å². The smallest absolute Gasteiger partial charge is 0.319 e. The van der Waals surface area contributed by atoms with Gasteiger partial charge in [-0.15, -0.1) is 10.2 Å². The second-order valence-electron chi connectivity index (χ2n) is 7.23. The van der Waals surface area contributed by atoms with Crippen LogP contribution in [0.4, 0.5) is 15.6 Å². The first-order valence-electron chi connectivity index (χ1n) is 10.2. The van der Waals surface area contributed by atoms with Gasteiger partial charge in [-0.25, -0.2) is 4.79 Å². The zero-order valence-electron chi connectivity index (χ0n) is 17.7. The highest BCUT2D eigenvalue weighted by molar-refractivity contribution is 9.10. The highest BCUT2D eigenvalue weighted by Crippen LogP contribution is 2.28. The van der Waals surface area contributed by atoms with Crippen molar-refractivity contribution in [1.82, 2.24) is 15.5 Å². The van der Waals surface area contributed by atoms with Crippen molar-refractivity contribution in [2.75, 3.05) is 10.6 Å². The number of nitrogens with one attached hydrogen (secondary N) is 3. The fourth-order valence-corrected chi connectivity index (χ4v) is 4.46. The van der Waals surface area contributed by atoms with Crippen molar-refractivity contribution in [2.24, 2.45) is 0 Å². The van der Waals surface area contributed by atoms with Crippen LogP contribution in [0.3, 0.4) is 0 Å². The van der Waals surface area contributed by atoms with Crippen LogP contribution in [-0.4, -0.2) is 28.2 Å². The molecule has 1 unspecified atom stereocenters. The topological polar surface area (TPSA) is 96.0 Å². The first kappa shape index (κ1) is 23.9. The summed E-state index contributed by atoms with van der Waals surface area (Å²) in [6.45, 7) is 0. The van der Waals surface area contributed by atoms with Crippen molar-refractivity contribution in [3.63, 3.8) is 0 Å². The third kappa shape index (κ3) is 6.40. The number of anilines is 2. The molecule has 1 atom stereocenters. The number of aromatic nitrogens is 2. The molecule has 34 heavy (non-hydrogen) atoms. The van der Waals surface area contributed by atoms with Gasteiger partial charge in [-0.1, -0.05) is 77.5 Å². The molecule has 4 rings (SSSR count). The van der Waals surface area contributed by atoms with Crippen molar-refractivity contribution in [1.29, 1.82) is 0 Å². The molecule has 0 spiro atoms. The van der Waals surface area contributed by atoms with Gasteiger partial charge in [-0.05, 0) is 45.8 Å². The quantitative estimate of drug-likeness (QED) is 0.260. The van der Waals surface area contributed by atoms with Gasteiger partial charge in [0, 0.05) is 21.5 Å². The molecule has 0 saturated heterocycles. The minimum atomic E-state index is -0.844. The normalized spacial score (nSPS) is 11.5. The molecule has 0 radical (unpaired) electrons. The number of hydrogen-bond donors (Lipinski definition) is 3. The number of amides is 3. The van der Waals surface area contributed by atoms with E-state index >= 15 is 0 Å². The Morgan fingerprint density at radius 3 is 2.47 bits per heavy atom. The number of hydrogen-bond acceptors (Lipinski definition) is 5. The molecule has 3 amide bonds. The number of halogens is 2. The van der Waals surface area contributed by atoms with Crippen LogP contribution in [0.1, 0.15) is 5.56 Å². The van der Waals surface area contributed by atoms with E-state index in [9.17, 15) is 9.59 Å². The molecule has 7 nitrogen and oxygen atoms in total. The molecule has 3 N–H and O–H groups in total. The van der Waals surface area contributed by atoms with Crippen molar-refractivity contribution in [3.8, 4) is 10.6 Å². The lowest BCUT2D eigenvalue weighted by Crippen LogP contribution is -2.47. The lowest BCUT2D eigenvalue weighted by Gasteiger charge is -2.18. The van der Waals surface area contributed by atoms with E-state index in [0.29, 0.717) is 27.3 Å². The summed E-state index contributed by atoms with van der Waals surface area (Å²) in [7, 11) is 0. The standard InChI is InChI=1S/C24H19BrClN5O2S/c25-18-11-4-5-12-19(18)27-23(33)28-20(13-15-7-2-1-3-8-15)21(32)29-24-31-30-22(34-24)16-9-6-10-17(26)14-16/h1-12,14,20H,13H2,(H2,27,28,33)(H,29,31,32). The van der Waals surface area contributed by atoms with Crippen LogP contribution in [0.15, 0.2) is 83.3 Å². The molecule has 0 aliphatic rings. The fraction of sp³-hybridized carbons (Fsp3) is 0.0833. The van der Waals surface area contributed by atoms with E-state index in [1.165, 1.54) is 11.3 Å². The van der Waals surface area contributed by atoms with Crippen molar-refractivity contribution < 1.29 is 9.59 Å². The minimum Gasteiger partial charge on any atom is -0.326 e. The van der Waals surface area contributed by atoms with Gasteiger partial charge in [0.15, 0.2) is 0 Å². The van der Waals surface area contributed by atoms with Gasteiger partial charge in [-0.3, -0.25) is 10.1 Å². The second kappa shape index (κ2) is 11.2. The summed E-state index contributed by atoms with van der Waals surface area (Å²) in [6.07, 6.45) is 0.302. The molecule has 0 fully saturated rings. The van der Waals surface area contributed by atoms with Crippen LogP contribution in [-0.2, 0) is 11.2 Å². The summed E-state index contributed by atoms with van der Waals surface area (Å²) in [6, 6.07) is 22.6. The lowest BCUT2D eigenvalue weighted by molar-refractivity contribution is -0.117. The summed E-state index contributed by atoms with van der Waals surface area (Å²) in [5.41, 5.74) is 2.30. The predicted octanol–water partition coefficient (Wildman–Crippen LogP) is 5.99. The highest BCUT2D eigenvalue weighted by Gasteiger charge is 2.23. The average Bonchev–Trinajstić information content (AvgIpc) is 3.29. The van der Waals surface area contributed by atoms with E-state index in [1.807, 2.05) is 60.7 Å². The molecule has 172 valence electrons. The molecule has 4 aromatic rings. The number of carbonyl (C=O) groups is 2. The Bertz CT molecular complexity index is 1300. The summed E-state index contributed by atoms with van der Waals surface area (Å²) in [5.74, 6) is -0.403. The van der Waals surface area contributed by atoms with Gasteiger partial charge < -0.3 is 10.6 Å². The van der Waals surface area contributed by atoms with Crippen molar-refractivity contribution >= 4 is 61.6 Å². The Balaban J connectivity index is 1.48. The fourth-order valence-electron chi connectivity index (χ4n) is 3.14. The molecule has 0 aliphatic carbocycles. The van der Waals surface area contributed by atoms with Gasteiger partial charge in [0.25, 0.3) is 0 Å². The summed E-state index contributed by atoms with van der Waals surface area (Å²) in [4.78, 5) is 25.8. The number of benzene rings is 3. The zero-order valence-corrected chi connectivity index (χ0v) is 20.8. The highest BCUT2D eigenvalue weighted by atomic mass is 79.9. The van der Waals surface area contributed by atoms with Crippen molar-refractivity contribution in [2.45, 2.75) is 12.5 Å². The van der Waals surface area contributed by atoms with Gasteiger partial charge in [0.05, 0.1) is 5.69 Å². The largest absolute Gasteiger partial charge is 0.326 e. The third-order valence-electron chi connectivity index (χ3n) is 4.75. The number of nitrogens with zero attached hydrogens (tertiary/aromatic N) is 2. The molecule has 0 saturated carbocycles. The maximum Gasteiger partial charge on any atom is 0.319 e. The van der Waals surface area contributed by atoms with Crippen LogP contribution in [0.5, 0.6) is 0 Å². The Morgan fingerprint density at radius 2 is 1.71 bits per heavy atom. The van der Waals surface area contributed by atoms with E-state index < -0.39 is 18.0 Å². The molecule has 0 bridgehead atoms. The van der Waals surface area contributed by atoms with Crippen LogP contribution in [0, 0.1) is 0 Å². The molecule has 10 heteroatoms.